The first-order chi connectivity index (χ1) is 8.78. The highest BCUT2D eigenvalue weighted by atomic mass is 16.3. The Morgan fingerprint density at radius 1 is 1.11 bits per heavy atom. The lowest BCUT2D eigenvalue weighted by Crippen LogP contribution is -1.80. The summed E-state index contributed by atoms with van der Waals surface area (Å²) >= 11 is 0. The Balaban J connectivity index is 2.22. The van der Waals surface area contributed by atoms with Crippen LogP contribution in [0.25, 0.3) is 22.2 Å². The monoisotopic (exact) mass is 238 g/mol. The van der Waals surface area contributed by atoms with E-state index in [1.54, 1.807) is 36.4 Å². The standard InChI is InChI=1S/C14H10N2O2/c17-8-9-1-6-13-12(7-9)14(16-15-13)10-2-4-11(18)5-3-10/h1-8,18H,(H,15,16). The fourth-order valence-corrected chi connectivity index (χ4v) is 1.94. The van der Waals surface area contributed by atoms with Gasteiger partial charge in [0, 0.05) is 16.5 Å². The molecule has 4 nitrogen and oxygen atoms in total. The van der Waals surface area contributed by atoms with Gasteiger partial charge in [0.1, 0.15) is 12.0 Å². The van der Waals surface area contributed by atoms with Crippen molar-refractivity contribution in [3.63, 3.8) is 0 Å². The number of hydrogen-bond donors (Lipinski definition) is 2. The molecule has 0 saturated carbocycles. The Morgan fingerprint density at radius 3 is 2.61 bits per heavy atom. The summed E-state index contributed by atoms with van der Waals surface area (Å²) in [7, 11) is 0. The van der Waals surface area contributed by atoms with Crippen molar-refractivity contribution >= 4 is 17.2 Å². The van der Waals surface area contributed by atoms with Crippen LogP contribution in [0.15, 0.2) is 42.5 Å². The van der Waals surface area contributed by atoms with Crippen molar-refractivity contribution in [2.45, 2.75) is 0 Å². The molecule has 2 aromatic carbocycles. The van der Waals surface area contributed by atoms with Gasteiger partial charge >= 0.3 is 0 Å². The number of hydrogen-bond acceptors (Lipinski definition) is 3. The minimum Gasteiger partial charge on any atom is -0.508 e. The number of aromatic hydroxyl groups is 1. The van der Waals surface area contributed by atoms with E-state index in [1.807, 2.05) is 6.07 Å². The minimum absolute atomic E-state index is 0.215. The quantitative estimate of drug-likeness (QED) is 0.674. The van der Waals surface area contributed by atoms with Crippen LogP contribution in [0.2, 0.25) is 0 Å². The van der Waals surface area contributed by atoms with Gasteiger partial charge < -0.3 is 5.11 Å². The molecule has 0 fully saturated rings. The van der Waals surface area contributed by atoms with E-state index in [4.69, 9.17) is 0 Å². The summed E-state index contributed by atoms with van der Waals surface area (Å²) < 4.78 is 0. The number of aldehydes is 1. The molecule has 2 N–H and O–H groups in total. The van der Waals surface area contributed by atoms with E-state index in [0.29, 0.717) is 5.56 Å². The third-order valence-corrected chi connectivity index (χ3v) is 2.86. The molecular formula is C14H10N2O2. The number of phenols is 1. The number of benzene rings is 2. The lowest BCUT2D eigenvalue weighted by Gasteiger charge is -1.98. The van der Waals surface area contributed by atoms with Crippen LogP contribution in [0, 0.1) is 0 Å². The lowest BCUT2D eigenvalue weighted by atomic mass is 10.1. The molecular weight excluding hydrogens is 228 g/mol. The number of carbonyl (C=O) groups is 1. The number of rotatable bonds is 2. The van der Waals surface area contributed by atoms with E-state index >= 15 is 0 Å². The van der Waals surface area contributed by atoms with E-state index in [9.17, 15) is 9.90 Å². The summed E-state index contributed by atoms with van der Waals surface area (Å²) in [5, 5.41) is 17.3. The van der Waals surface area contributed by atoms with E-state index in [-0.39, 0.29) is 5.75 Å². The minimum atomic E-state index is 0.215. The second-order valence-electron chi connectivity index (χ2n) is 4.04. The molecule has 18 heavy (non-hydrogen) atoms. The normalized spacial score (nSPS) is 10.7. The molecule has 88 valence electrons. The average Bonchev–Trinajstić information content (AvgIpc) is 2.82. The van der Waals surface area contributed by atoms with E-state index in [0.717, 1.165) is 28.4 Å². The number of nitrogens with one attached hydrogen (secondary N) is 1. The first-order valence-electron chi connectivity index (χ1n) is 5.50. The van der Waals surface area contributed by atoms with Gasteiger partial charge in [-0.15, -0.1) is 0 Å². The van der Waals surface area contributed by atoms with Crippen LogP contribution in [-0.2, 0) is 0 Å². The number of H-pyrrole nitrogens is 1. The molecule has 0 aliphatic rings. The molecule has 3 rings (SSSR count). The largest absolute Gasteiger partial charge is 0.508 e. The molecule has 0 bridgehead atoms. The molecule has 0 aliphatic heterocycles. The van der Waals surface area contributed by atoms with Crippen molar-refractivity contribution in [3.8, 4) is 17.0 Å². The zero-order chi connectivity index (χ0) is 12.5. The van der Waals surface area contributed by atoms with Gasteiger partial charge in [0.15, 0.2) is 0 Å². The fourth-order valence-electron chi connectivity index (χ4n) is 1.94. The number of carbonyl (C=O) groups excluding carboxylic acids is 1. The first-order valence-corrected chi connectivity index (χ1v) is 5.50. The van der Waals surface area contributed by atoms with Crippen molar-refractivity contribution in [1.29, 1.82) is 0 Å². The molecule has 0 radical (unpaired) electrons. The van der Waals surface area contributed by atoms with Crippen LogP contribution in [0.4, 0.5) is 0 Å². The maximum atomic E-state index is 10.8. The Hall–Kier alpha value is -2.62. The van der Waals surface area contributed by atoms with Gasteiger partial charge in [-0.05, 0) is 42.5 Å². The van der Waals surface area contributed by atoms with Gasteiger partial charge in [-0.2, -0.15) is 5.10 Å². The number of nitrogens with zero attached hydrogens (tertiary/aromatic N) is 1. The fraction of sp³-hybridized carbons (Fsp3) is 0. The molecule has 1 heterocycles. The van der Waals surface area contributed by atoms with Crippen molar-refractivity contribution < 1.29 is 9.90 Å². The van der Waals surface area contributed by atoms with Crippen LogP contribution in [-0.4, -0.2) is 21.6 Å². The maximum absolute atomic E-state index is 10.8. The Morgan fingerprint density at radius 2 is 1.89 bits per heavy atom. The van der Waals surface area contributed by atoms with Crippen LogP contribution in [0.5, 0.6) is 5.75 Å². The number of fused-ring (bicyclic) bond motifs is 1. The summed E-state index contributed by atoms with van der Waals surface area (Å²) in [6.07, 6.45) is 0.813. The van der Waals surface area contributed by atoms with Gasteiger partial charge in [0.25, 0.3) is 0 Å². The van der Waals surface area contributed by atoms with Crippen molar-refractivity contribution in [3.05, 3.63) is 48.0 Å². The highest BCUT2D eigenvalue weighted by molar-refractivity contribution is 5.96. The molecule has 0 saturated heterocycles. The molecule has 3 aromatic rings. The van der Waals surface area contributed by atoms with Crippen LogP contribution in [0.3, 0.4) is 0 Å². The van der Waals surface area contributed by atoms with Crippen LogP contribution >= 0.6 is 0 Å². The highest BCUT2D eigenvalue weighted by Gasteiger charge is 2.08. The predicted octanol–water partition coefficient (Wildman–Crippen LogP) is 2.75. The average molecular weight is 238 g/mol. The highest BCUT2D eigenvalue weighted by Crippen LogP contribution is 2.27. The zero-order valence-electron chi connectivity index (χ0n) is 9.42. The van der Waals surface area contributed by atoms with Gasteiger partial charge in [-0.3, -0.25) is 9.89 Å². The number of phenolic OH excluding ortho intramolecular Hbond substituents is 1. The van der Waals surface area contributed by atoms with Crippen molar-refractivity contribution in [2.75, 3.05) is 0 Å². The summed E-state index contributed by atoms with van der Waals surface area (Å²) in [6.45, 7) is 0. The van der Waals surface area contributed by atoms with Gasteiger partial charge in [0.2, 0.25) is 0 Å². The topological polar surface area (TPSA) is 66.0 Å². The van der Waals surface area contributed by atoms with Crippen molar-refractivity contribution in [1.82, 2.24) is 10.2 Å². The third-order valence-electron chi connectivity index (χ3n) is 2.86. The lowest BCUT2D eigenvalue weighted by molar-refractivity contribution is 0.112. The summed E-state index contributed by atoms with van der Waals surface area (Å²) in [5.41, 5.74) is 3.16. The molecule has 0 amide bonds. The van der Waals surface area contributed by atoms with Gasteiger partial charge in [-0.25, -0.2) is 0 Å². The van der Waals surface area contributed by atoms with E-state index in [1.165, 1.54) is 0 Å². The molecule has 1 aromatic heterocycles. The second kappa shape index (κ2) is 4.00. The Bertz CT molecular complexity index is 714. The summed E-state index contributed by atoms with van der Waals surface area (Å²) in [5.74, 6) is 0.215. The smallest absolute Gasteiger partial charge is 0.150 e. The number of aromatic amines is 1. The Kier molecular flexibility index (Phi) is 2.34. The molecule has 0 spiro atoms. The molecule has 4 heteroatoms. The Labute approximate surface area is 103 Å². The second-order valence-corrected chi connectivity index (χ2v) is 4.04. The predicted molar refractivity (Wildman–Crippen MR) is 68.6 cm³/mol. The van der Waals surface area contributed by atoms with Gasteiger partial charge in [0.05, 0.1) is 11.2 Å². The maximum Gasteiger partial charge on any atom is 0.150 e. The van der Waals surface area contributed by atoms with Crippen LogP contribution < -0.4 is 0 Å². The number of aromatic nitrogens is 2. The van der Waals surface area contributed by atoms with E-state index in [2.05, 4.69) is 10.2 Å². The zero-order valence-corrected chi connectivity index (χ0v) is 9.42. The SMILES string of the molecule is O=Cc1ccc2[nH]nc(-c3ccc(O)cc3)c2c1. The third kappa shape index (κ3) is 1.64. The van der Waals surface area contributed by atoms with Crippen LogP contribution in [0.1, 0.15) is 10.4 Å². The summed E-state index contributed by atoms with van der Waals surface area (Å²) in [4.78, 5) is 10.8. The molecule has 0 aliphatic carbocycles. The van der Waals surface area contributed by atoms with Crippen molar-refractivity contribution in [2.24, 2.45) is 0 Å². The van der Waals surface area contributed by atoms with Gasteiger partial charge in [-0.1, -0.05) is 0 Å². The summed E-state index contributed by atoms with van der Waals surface area (Å²) in [6, 6.07) is 12.2. The van der Waals surface area contributed by atoms with E-state index < -0.39 is 0 Å². The molecule has 0 unspecified atom stereocenters. The molecule has 0 atom stereocenters. The first kappa shape index (κ1) is 10.5.